The van der Waals surface area contributed by atoms with Crippen LogP contribution < -0.4 is 10.1 Å². The fourth-order valence-electron chi connectivity index (χ4n) is 5.08. The van der Waals surface area contributed by atoms with E-state index in [0.29, 0.717) is 18.4 Å². The standard InChI is InChI=1S/C26H29N5O2/c1-18-24(26(32)28-17-19-8-6-13-27-25(19)30-15-7-14-29-30)22-16-21(33-2)11-12-23(22)31(18)20-9-4-3-5-10-20/h6-8,11-16,20H,3-5,9-10,17H2,1-2H3,(H,28,32). The van der Waals surface area contributed by atoms with Gasteiger partial charge in [-0.3, -0.25) is 4.79 Å². The van der Waals surface area contributed by atoms with Gasteiger partial charge in [-0.25, -0.2) is 9.67 Å². The van der Waals surface area contributed by atoms with E-state index in [1.54, 1.807) is 24.2 Å². The molecule has 1 aromatic carbocycles. The minimum Gasteiger partial charge on any atom is -0.497 e. The van der Waals surface area contributed by atoms with Crippen LogP contribution in [0.2, 0.25) is 0 Å². The molecule has 1 saturated carbocycles. The number of hydrogen-bond acceptors (Lipinski definition) is 4. The molecule has 1 aliphatic rings. The average Bonchev–Trinajstić information content (AvgIpc) is 3.49. The SMILES string of the molecule is COc1ccc2c(c1)c(C(=O)NCc1cccnc1-n1cccn1)c(C)n2C1CCCCC1. The molecule has 5 rings (SSSR count). The van der Waals surface area contributed by atoms with Crippen LogP contribution in [0.4, 0.5) is 0 Å². The molecule has 1 aliphatic carbocycles. The lowest BCUT2D eigenvalue weighted by molar-refractivity contribution is 0.0951. The summed E-state index contributed by atoms with van der Waals surface area (Å²) < 4.78 is 9.57. The Labute approximate surface area is 193 Å². The summed E-state index contributed by atoms with van der Waals surface area (Å²) in [6.45, 7) is 2.43. The van der Waals surface area contributed by atoms with E-state index in [0.717, 1.165) is 46.3 Å². The van der Waals surface area contributed by atoms with Crippen molar-refractivity contribution in [2.24, 2.45) is 0 Å². The molecular weight excluding hydrogens is 414 g/mol. The first-order valence-electron chi connectivity index (χ1n) is 11.6. The number of hydrogen-bond donors (Lipinski definition) is 1. The first-order chi connectivity index (χ1) is 16.2. The number of carbonyl (C=O) groups excluding carboxylic acids is 1. The second-order valence-corrected chi connectivity index (χ2v) is 8.62. The summed E-state index contributed by atoms with van der Waals surface area (Å²) in [6.07, 6.45) is 11.4. The topological polar surface area (TPSA) is 74.0 Å². The van der Waals surface area contributed by atoms with Crippen LogP contribution in [0.3, 0.4) is 0 Å². The monoisotopic (exact) mass is 443 g/mol. The molecule has 1 N–H and O–H groups in total. The van der Waals surface area contributed by atoms with Gasteiger partial charge in [-0.15, -0.1) is 0 Å². The first kappa shape index (κ1) is 21.2. The third kappa shape index (κ3) is 3.99. The largest absolute Gasteiger partial charge is 0.497 e. The van der Waals surface area contributed by atoms with Crippen LogP contribution in [-0.4, -0.2) is 32.3 Å². The van der Waals surface area contributed by atoms with Gasteiger partial charge in [0.25, 0.3) is 5.91 Å². The second-order valence-electron chi connectivity index (χ2n) is 8.62. The van der Waals surface area contributed by atoms with Gasteiger partial charge in [0.15, 0.2) is 5.82 Å². The summed E-state index contributed by atoms with van der Waals surface area (Å²) in [4.78, 5) is 18.0. The van der Waals surface area contributed by atoms with Crippen molar-refractivity contribution in [3.05, 3.63) is 71.8 Å². The molecule has 0 unspecified atom stereocenters. The Kier molecular flexibility index (Phi) is 5.86. The minimum absolute atomic E-state index is 0.0874. The Hall–Kier alpha value is -3.61. The molecule has 33 heavy (non-hydrogen) atoms. The lowest BCUT2D eigenvalue weighted by Gasteiger charge is -2.26. The molecule has 7 nitrogen and oxygen atoms in total. The third-order valence-corrected chi connectivity index (χ3v) is 6.65. The van der Waals surface area contributed by atoms with Gasteiger partial charge in [0.2, 0.25) is 0 Å². The van der Waals surface area contributed by atoms with Gasteiger partial charge in [0.05, 0.1) is 12.7 Å². The summed E-state index contributed by atoms with van der Waals surface area (Å²) in [7, 11) is 1.66. The van der Waals surface area contributed by atoms with E-state index >= 15 is 0 Å². The number of nitrogens with zero attached hydrogens (tertiary/aromatic N) is 4. The van der Waals surface area contributed by atoms with Crippen molar-refractivity contribution in [2.75, 3.05) is 7.11 Å². The molecule has 3 heterocycles. The molecule has 0 radical (unpaired) electrons. The molecule has 0 bridgehead atoms. The normalized spacial score (nSPS) is 14.5. The lowest BCUT2D eigenvalue weighted by Crippen LogP contribution is -2.25. The molecule has 4 aromatic rings. The van der Waals surface area contributed by atoms with E-state index in [1.165, 1.54) is 19.3 Å². The van der Waals surface area contributed by atoms with Gasteiger partial charge >= 0.3 is 0 Å². The van der Waals surface area contributed by atoms with Crippen molar-refractivity contribution >= 4 is 16.8 Å². The van der Waals surface area contributed by atoms with E-state index in [2.05, 4.69) is 33.0 Å². The zero-order valence-electron chi connectivity index (χ0n) is 19.1. The zero-order valence-corrected chi connectivity index (χ0v) is 19.1. The fourth-order valence-corrected chi connectivity index (χ4v) is 5.08. The second kappa shape index (κ2) is 9.10. The highest BCUT2D eigenvalue weighted by molar-refractivity contribution is 6.08. The smallest absolute Gasteiger partial charge is 0.254 e. The third-order valence-electron chi connectivity index (χ3n) is 6.65. The zero-order chi connectivity index (χ0) is 22.8. The Bertz CT molecular complexity index is 1270. The van der Waals surface area contributed by atoms with Gasteiger partial charge in [-0.05, 0) is 50.1 Å². The summed E-state index contributed by atoms with van der Waals surface area (Å²) in [5, 5.41) is 8.35. The molecule has 3 aromatic heterocycles. The number of aromatic nitrogens is 4. The molecule has 0 aliphatic heterocycles. The predicted molar refractivity (Wildman–Crippen MR) is 128 cm³/mol. The van der Waals surface area contributed by atoms with E-state index < -0.39 is 0 Å². The van der Waals surface area contributed by atoms with E-state index in [4.69, 9.17) is 4.74 Å². The molecule has 0 atom stereocenters. The Morgan fingerprint density at radius 2 is 2.00 bits per heavy atom. The Morgan fingerprint density at radius 3 is 2.76 bits per heavy atom. The average molecular weight is 444 g/mol. The highest BCUT2D eigenvalue weighted by Gasteiger charge is 2.25. The van der Waals surface area contributed by atoms with Crippen LogP contribution in [0.25, 0.3) is 16.7 Å². The van der Waals surface area contributed by atoms with Gasteiger partial charge < -0.3 is 14.6 Å². The van der Waals surface area contributed by atoms with Gasteiger partial charge in [0.1, 0.15) is 5.75 Å². The van der Waals surface area contributed by atoms with Crippen LogP contribution >= 0.6 is 0 Å². The minimum atomic E-state index is -0.0874. The maximum Gasteiger partial charge on any atom is 0.254 e. The number of amides is 1. The molecule has 7 heteroatoms. The number of rotatable bonds is 6. The number of benzene rings is 1. The van der Waals surface area contributed by atoms with Gasteiger partial charge in [0, 0.05) is 53.3 Å². The van der Waals surface area contributed by atoms with Crippen molar-refractivity contribution in [1.82, 2.24) is 24.6 Å². The van der Waals surface area contributed by atoms with E-state index in [9.17, 15) is 4.79 Å². The van der Waals surface area contributed by atoms with Gasteiger partial charge in [-0.1, -0.05) is 25.3 Å². The van der Waals surface area contributed by atoms with Crippen LogP contribution in [0, 0.1) is 6.92 Å². The summed E-state index contributed by atoms with van der Waals surface area (Å²) in [5.41, 5.74) is 3.74. The Morgan fingerprint density at radius 1 is 1.15 bits per heavy atom. The number of ether oxygens (including phenoxy) is 1. The van der Waals surface area contributed by atoms with Crippen LogP contribution in [-0.2, 0) is 6.54 Å². The van der Waals surface area contributed by atoms with Crippen LogP contribution in [0.5, 0.6) is 5.75 Å². The van der Waals surface area contributed by atoms with Crippen molar-refractivity contribution in [2.45, 2.75) is 51.6 Å². The van der Waals surface area contributed by atoms with Crippen molar-refractivity contribution in [1.29, 1.82) is 0 Å². The molecule has 0 saturated heterocycles. The number of methoxy groups -OCH3 is 1. The first-order valence-corrected chi connectivity index (χ1v) is 11.6. The number of pyridine rings is 1. The maximum absolute atomic E-state index is 13.5. The van der Waals surface area contributed by atoms with Crippen molar-refractivity contribution < 1.29 is 9.53 Å². The fraction of sp³-hybridized carbons (Fsp3) is 0.346. The van der Waals surface area contributed by atoms with Crippen molar-refractivity contribution in [3.8, 4) is 11.6 Å². The highest BCUT2D eigenvalue weighted by Crippen LogP contribution is 2.37. The van der Waals surface area contributed by atoms with Gasteiger partial charge in [-0.2, -0.15) is 5.10 Å². The summed E-state index contributed by atoms with van der Waals surface area (Å²) in [6, 6.07) is 12.2. The highest BCUT2D eigenvalue weighted by atomic mass is 16.5. The molecule has 1 amide bonds. The number of carbonyl (C=O) groups is 1. The van der Waals surface area contributed by atoms with Crippen LogP contribution in [0.1, 0.15) is 59.8 Å². The predicted octanol–water partition coefficient (Wildman–Crippen LogP) is 4.97. The molecule has 0 spiro atoms. The summed E-state index contributed by atoms with van der Waals surface area (Å²) in [5.74, 6) is 1.38. The summed E-state index contributed by atoms with van der Waals surface area (Å²) >= 11 is 0. The van der Waals surface area contributed by atoms with E-state index in [-0.39, 0.29) is 5.91 Å². The van der Waals surface area contributed by atoms with E-state index in [1.807, 2.05) is 36.5 Å². The molecule has 170 valence electrons. The lowest BCUT2D eigenvalue weighted by atomic mass is 9.95. The quantitative estimate of drug-likeness (QED) is 0.456. The number of nitrogens with one attached hydrogen (secondary N) is 1. The van der Waals surface area contributed by atoms with Crippen LogP contribution in [0.15, 0.2) is 55.0 Å². The van der Waals surface area contributed by atoms with Crippen molar-refractivity contribution in [3.63, 3.8) is 0 Å². The Balaban J connectivity index is 1.49. The molecular formula is C26H29N5O2. The maximum atomic E-state index is 13.5. The molecule has 1 fully saturated rings. The number of fused-ring (bicyclic) bond motifs is 1.